The first-order chi connectivity index (χ1) is 12.1. The lowest BCUT2D eigenvalue weighted by molar-refractivity contribution is 0.100. The predicted molar refractivity (Wildman–Crippen MR) is 99.4 cm³/mol. The van der Waals surface area contributed by atoms with Crippen LogP contribution in [0.2, 0.25) is 0 Å². The number of nitrogens with two attached hydrogens (primary N) is 1. The molecule has 0 spiro atoms. The van der Waals surface area contributed by atoms with Gasteiger partial charge in [-0.15, -0.1) is 0 Å². The molecule has 2 heterocycles. The maximum absolute atomic E-state index is 12.0. The summed E-state index contributed by atoms with van der Waals surface area (Å²) in [4.78, 5) is 19.3. The van der Waals surface area contributed by atoms with Crippen molar-refractivity contribution < 1.29 is 4.79 Å². The van der Waals surface area contributed by atoms with Crippen LogP contribution in [0.5, 0.6) is 0 Å². The Labute approximate surface area is 149 Å². The summed E-state index contributed by atoms with van der Waals surface area (Å²) in [6, 6.07) is 10.8. The number of likely N-dealkylation sites (tertiary alicyclic amines) is 1. The lowest BCUT2D eigenvalue weighted by Gasteiger charge is -2.24. The molecule has 1 atom stereocenters. The number of carbonyl (C=O) groups is 1. The number of hydrogen-bond acceptors (Lipinski definition) is 3. The highest BCUT2D eigenvalue weighted by Crippen LogP contribution is 2.31. The summed E-state index contributed by atoms with van der Waals surface area (Å²) in [5.41, 5.74) is 11.5. The third kappa shape index (κ3) is 3.07. The minimum absolute atomic E-state index is 0.383. The molecule has 2 N–H and O–H groups in total. The molecular weight excluding hydrogens is 310 g/mol. The van der Waals surface area contributed by atoms with Gasteiger partial charge in [0.2, 0.25) is 0 Å². The number of amides is 1. The highest BCUT2D eigenvalue weighted by atomic mass is 16.1. The largest absolute Gasteiger partial charge is 0.366 e. The van der Waals surface area contributed by atoms with Crippen molar-refractivity contribution >= 4 is 5.91 Å². The second-order valence-corrected chi connectivity index (χ2v) is 7.25. The van der Waals surface area contributed by atoms with E-state index in [1.165, 1.54) is 24.0 Å². The van der Waals surface area contributed by atoms with E-state index in [-0.39, 0.29) is 0 Å². The molecule has 0 unspecified atom stereocenters. The third-order valence-corrected chi connectivity index (χ3v) is 5.65. The molecule has 4 nitrogen and oxygen atoms in total. The van der Waals surface area contributed by atoms with Crippen LogP contribution in [0.4, 0.5) is 0 Å². The fourth-order valence-corrected chi connectivity index (χ4v) is 4.17. The first kappa shape index (κ1) is 16.3. The van der Waals surface area contributed by atoms with Crippen LogP contribution >= 0.6 is 0 Å². The topological polar surface area (TPSA) is 59.2 Å². The Morgan fingerprint density at radius 3 is 2.72 bits per heavy atom. The van der Waals surface area contributed by atoms with Crippen molar-refractivity contribution in [2.45, 2.75) is 45.1 Å². The van der Waals surface area contributed by atoms with Crippen molar-refractivity contribution in [1.29, 1.82) is 0 Å². The van der Waals surface area contributed by atoms with Gasteiger partial charge >= 0.3 is 0 Å². The molecule has 0 bridgehead atoms. The van der Waals surface area contributed by atoms with Crippen molar-refractivity contribution in [3.8, 4) is 11.3 Å². The molecule has 1 fully saturated rings. The van der Waals surface area contributed by atoms with E-state index in [0.717, 1.165) is 49.3 Å². The minimum atomic E-state index is -0.393. The van der Waals surface area contributed by atoms with Gasteiger partial charge < -0.3 is 5.73 Å². The van der Waals surface area contributed by atoms with E-state index >= 15 is 0 Å². The first-order valence-corrected chi connectivity index (χ1v) is 9.30. The Bertz CT molecular complexity index is 809. The van der Waals surface area contributed by atoms with Crippen molar-refractivity contribution in [2.24, 2.45) is 5.73 Å². The maximum atomic E-state index is 12.0. The number of fused-ring (bicyclic) bond motifs is 1. The SMILES string of the molecule is C[C@H](c1cccc(-c2nc3c(cc2C(N)=O)CCC3)c1)N1CCCC1. The molecule has 1 saturated heterocycles. The zero-order chi connectivity index (χ0) is 17.4. The van der Waals surface area contributed by atoms with E-state index in [1.807, 2.05) is 12.1 Å². The lowest BCUT2D eigenvalue weighted by Crippen LogP contribution is -2.23. The second-order valence-electron chi connectivity index (χ2n) is 7.25. The Morgan fingerprint density at radius 1 is 1.16 bits per heavy atom. The van der Waals surface area contributed by atoms with Gasteiger partial charge in [0.05, 0.1) is 11.3 Å². The minimum Gasteiger partial charge on any atom is -0.366 e. The average Bonchev–Trinajstić information content (AvgIpc) is 3.31. The highest BCUT2D eigenvalue weighted by molar-refractivity contribution is 5.99. The van der Waals surface area contributed by atoms with Gasteiger partial charge in [-0.3, -0.25) is 14.7 Å². The van der Waals surface area contributed by atoms with Gasteiger partial charge in [-0.1, -0.05) is 18.2 Å². The van der Waals surface area contributed by atoms with Crippen LogP contribution in [-0.4, -0.2) is 28.9 Å². The monoisotopic (exact) mass is 335 g/mol. The molecule has 1 amide bonds. The van der Waals surface area contributed by atoms with Gasteiger partial charge in [-0.05, 0) is 75.4 Å². The van der Waals surface area contributed by atoms with Crippen molar-refractivity contribution in [3.05, 3.63) is 52.7 Å². The summed E-state index contributed by atoms with van der Waals surface area (Å²) in [6.07, 6.45) is 5.65. The summed E-state index contributed by atoms with van der Waals surface area (Å²) in [6.45, 7) is 4.58. The Morgan fingerprint density at radius 2 is 1.96 bits per heavy atom. The Kier molecular flexibility index (Phi) is 4.30. The van der Waals surface area contributed by atoms with E-state index in [1.54, 1.807) is 0 Å². The van der Waals surface area contributed by atoms with Crippen LogP contribution in [0.25, 0.3) is 11.3 Å². The summed E-state index contributed by atoms with van der Waals surface area (Å²) in [5, 5.41) is 0. The van der Waals surface area contributed by atoms with Crippen LogP contribution in [0, 0.1) is 0 Å². The molecule has 4 rings (SSSR count). The molecule has 1 aliphatic carbocycles. The van der Waals surface area contributed by atoms with Gasteiger partial charge in [-0.25, -0.2) is 0 Å². The molecule has 130 valence electrons. The molecule has 0 radical (unpaired) electrons. The zero-order valence-corrected chi connectivity index (χ0v) is 14.8. The van der Waals surface area contributed by atoms with Gasteiger partial charge in [-0.2, -0.15) is 0 Å². The van der Waals surface area contributed by atoms with E-state index < -0.39 is 5.91 Å². The van der Waals surface area contributed by atoms with E-state index in [0.29, 0.717) is 11.6 Å². The smallest absolute Gasteiger partial charge is 0.250 e. The number of rotatable bonds is 4. The zero-order valence-electron chi connectivity index (χ0n) is 14.8. The van der Waals surface area contributed by atoms with Crippen molar-refractivity contribution in [1.82, 2.24) is 9.88 Å². The van der Waals surface area contributed by atoms with Crippen LogP contribution in [-0.2, 0) is 12.8 Å². The van der Waals surface area contributed by atoms with Crippen LogP contribution in [0.1, 0.15) is 59.4 Å². The number of benzene rings is 1. The van der Waals surface area contributed by atoms with Crippen LogP contribution in [0.15, 0.2) is 30.3 Å². The van der Waals surface area contributed by atoms with E-state index in [9.17, 15) is 4.79 Å². The van der Waals surface area contributed by atoms with Gasteiger partial charge in [0.25, 0.3) is 5.91 Å². The molecule has 2 aromatic rings. The Hall–Kier alpha value is -2.20. The standard InChI is InChI=1S/C21H25N3O/c1-14(24-10-2-3-11-24)15-6-4-8-17(12-15)20-18(21(22)25)13-16-7-5-9-19(16)23-20/h4,6,8,12-14H,2-3,5,7,9-11H2,1H3,(H2,22,25)/t14-/m1/s1. The molecule has 1 aliphatic heterocycles. The fraction of sp³-hybridized carbons (Fsp3) is 0.429. The van der Waals surface area contributed by atoms with Crippen LogP contribution in [0.3, 0.4) is 0 Å². The number of aryl methyl sites for hydroxylation is 2. The summed E-state index contributed by atoms with van der Waals surface area (Å²) in [5.74, 6) is -0.393. The quantitative estimate of drug-likeness (QED) is 0.930. The normalized spacial score (nSPS) is 18.3. The molecular formula is C21H25N3O. The van der Waals surface area contributed by atoms with Gasteiger partial charge in [0.15, 0.2) is 0 Å². The first-order valence-electron chi connectivity index (χ1n) is 9.30. The number of aromatic nitrogens is 1. The average molecular weight is 335 g/mol. The number of primary amides is 1. The van der Waals surface area contributed by atoms with E-state index in [4.69, 9.17) is 10.7 Å². The number of hydrogen-bond donors (Lipinski definition) is 1. The lowest BCUT2D eigenvalue weighted by atomic mass is 9.98. The fourth-order valence-electron chi connectivity index (χ4n) is 4.17. The van der Waals surface area contributed by atoms with Gasteiger partial charge in [0.1, 0.15) is 0 Å². The summed E-state index contributed by atoms with van der Waals surface area (Å²) >= 11 is 0. The highest BCUT2D eigenvalue weighted by Gasteiger charge is 2.22. The molecule has 0 saturated carbocycles. The van der Waals surface area contributed by atoms with Gasteiger partial charge in [0, 0.05) is 17.3 Å². The molecule has 25 heavy (non-hydrogen) atoms. The summed E-state index contributed by atoms with van der Waals surface area (Å²) < 4.78 is 0. The van der Waals surface area contributed by atoms with Crippen molar-refractivity contribution in [3.63, 3.8) is 0 Å². The second kappa shape index (κ2) is 6.60. The Balaban J connectivity index is 1.75. The van der Waals surface area contributed by atoms with Crippen molar-refractivity contribution in [2.75, 3.05) is 13.1 Å². The molecule has 4 heteroatoms. The van der Waals surface area contributed by atoms with E-state index in [2.05, 4.69) is 30.0 Å². The van der Waals surface area contributed by atoms with Crippen LogP contribution < -0.4 is 5.73 Å². The number of pyridine rings is 1. The number of nitrogens with zero attached hydrogens (tertiary/aromatic N) is 2. The maximum Gasteiger partial charge on any atom is 0.250 e. The molecule has 1 aromatic carbocycles. The molecule has 1 aromatic heterocycles. The summed E-state index contributed by atoms with van der Waals surface area (Å²) in [7, 11) is 0. The third-order valence-electron chi connectivity index (χ3n) is 5.65. The predicted octanol–water partition coefficient (Wildman–Crippen LogP) is 3.49. The number of carbonyl (C=O) groups excluding carboxylic acids is 1. The molecule has 2 aliphatic rings.